The second-order valence-electron chi connectivity index (χ2n) is 4.99. The van der Waals surface area contributed by atoms with Gasteiger partial charge in [0, 0.05) is 19.8 Å². The average molecular weight is 331 g/mol. The monoisotopic (exact) mass is 331 g/mol. The SMILES string of the molecule is CN(C)c1ccc(C=NNC(=O)CNc2n[nH]c(=O)[nH]c2=O)cc1. The smallest absolute Gasteiger partial charge is 0.342 e. The molecule has 1 aromatic carbocycles. The number of hydrazone groups is 1. The molecule has 10 nitrogen and oxygen atoms in total. The number of aromatic nitrogens is 3. The van der Waals surface area contributed by atoms with Crippen molar-refractivity contribution in [3.63, 3.8) is 0 Å². The molecule has 0 saturated heterocycles. The highest BCUT2D eigenvalue weighted by atomic mass is 16.2. The summed E-state index contributed by atoms with van der Waals surface area (Å²) in [7, 11) is 3.89. The summed E-state index contributed by atoms with van der Waals surface area (Å²) in [6.07, 6.45) is 1.50. The summed E-state index contributed by atoms with van der Waals surface area (Å²) in [5.41, 5.74) is 2.76. The van der Waals surface area contributed by atoms with Crippen LogP contribution in [0.5, 0.6) is 0 Å². The Labute approximate surface area is 136 Å². The number of carbonyl (C=O) groups excluding carboxylic acids is 1. The molecule has 4 N–H and O–H groups in total. The molecule has 0 unspecified atom stereocenters. The Kier molecular flexibility index (Phi) is 5.45. The maximum atomic E-state index is 11.6. The van der Waals surface area contributed by atoms with Crippen molar-refractivity contribution >= 4 is 23.6 Å². The number of aromatic amines is 2. The highest BCUT2D eigenvalue weighted by Gasteiger charge is 2.04. The molecule has 0 bridgehead atoms. The summed E-state index contributed by atoms with van der Waals surface area (Å²) in [5, 5.41) is 11.9. The normalized spacial score (nSPS) is 10.6. The van der Waals surface area contributed by atoms with Crippen molar-refractivity contribution < 1.29 is 4.79 Å². The predicted molar refractivity (Wildman–Crippen MR) is 90.5 cm³/mol. The molecule has 0 aliphatic heterocycles. The molecule has 2 aromatic rings. The van der Waals surface area contributed by atoms with Crippen LogP contribution >= 0.6 is 0 Å². The average Bonchev–Trinajstić information content (AvgIpc) is 2.54. The van der Waals surface area contributed by atoms with Crippen LogP contribution in [0.15, 0.2) is 39.0 Å². The summed E-state index contributed by atoms with van der Waals surface area (Å²) in [5.74, 6) is -0.628. The number of nitrogens with zero attached hydrogens (tertiary/aromatic N) is 3. The van der Waals surface area contributed by atoms with Gasteiger partial charge in [-0.25, -0.2) is 15.3 Å². The molecule has 0 spiro atoms. The van der Waals surface area contributed by atoms with Crippen molar-refractivity contribution in [2.75, 3.05) is 30.9 Å². The Hall–Kier alpha value is -3.43. The maximum absolute atomic E-state index is 11.6. The number of nitrogens with one attached hydrogen (secondary N) is 4. The Balaban J connectivity index is 1.84. The van der Waals surface area contributed by atoms with Gasteiger partial charge in [-0.2, -0.15) is 5.10 Å². The molecule has 1 amide bonds. The van der Waals surface area contributed by atoms with Gasteiger partial charge >= 0.3 is 5.69 Å². The summed E-state index contributed by atoms with van der Waals surface area (Å²) in [6, 6.07) is 7.59. The molecule has 0 radical (unpaired) electrons. The number of carbonyl (C=O) groups is 1. The standard InChI is InChI=1S/C14H17N7O3/c1-21(2)10-5-3-9(4-6-10)7-16-18-11(22)8-15-12-13(23)17-14(24)20-19-12/h3-7H,8H2,1-2H3,(H,15,19)(H,18,22)(H2,17,20,23,24). The van der Waals surface area contributed by atoms with E-state index in [0.717, 1.165) is 11.3 Å². The number of rotatable bonds is 6. The third kappa shape index (κ3) is 4.80. The largest absolute Gasteiger partial charge is 0.378 e. The van der Waals surface area contributed by atoms with E-state index in [4.69, 9.17) is 0 Å². The van der Waals surface area contributed by atoms with Crippen LogP contribution in [0.3, 0.4) is 0 Å². The number of hydrogen-bond acceptors (Lipinski definition) is 7. The van der Waals surface area contributed by atoms with Gasteiger partial charge in [-0.05, 0) is 17.7 Å². The molecule has 126 valence electrons. The minimum Gasteiger partial charge on any atom is -0.378 e. The Morgan fingerprint density at radius 3 is 2.62 bits per heavy atom. The van der Waals surface area contributed by atoms with Crippen LogP contribution in [0, 0.1) is 0 Å². The van der Waals surface area contributed by atoms with Gasteiger partial charge in [0.05, 0.1) is 12.8 Å². The van der Waals surface area contributed by atoms with Gasteiger partial charge in [0.2, 0.25) is 5.82 Å². The van der Waals surface area contributed by atoms with Gasteiger partial charge in [-0.15, -0.1) is 5.10 Å². The molecular formula is C14H17N7O3. The van der Waals surface area contributed by atoms with E-state index >= 15 is 0 Å². The summed E-state index contributed by atoms with van der Waals surface area (Å²) in [6.45, 7) is -0.223. The van der Waals surface area contributed by atoms with E-state index in [1.165, 1.54) is 6.21 Å². The summed E-state index contributed by atoms with van der Waals surface area (Å²) in [4.78, 5) is 37.8. The molecule has 1 heterocycles. The van der Waals surface area contributed by atoms with E-state index < -0.39 is 17.2 Å². The number of benzene rings is 1. The molecule has 0 aliphatic rings. The van der Waals surface area contributed by atoms with Crippen LogP contribution in [0.2, 0.25) is 0 Å². The second kappa shape index (κ2) is 7.72. The van der Waals surface area contributed by atoms with E-state index in [1.807, 2.05) is 48.2 Å². The number of H-pyrrole nitrogens is 2. The Bertz CT molecular complexity index is 836. The zero-order valence-electron chi connectivity index (χ0n) is 13.2. The van der Waals surface area contributed by atoms with Gasteiger partial charge in [-0.3, -0.25) is 14.6 Å². The minimum atomic E-state index is -0.722. The molecule has 0 fully saturated rings. The van der Waals surface area contributed by atoms with Crippen LogP contribution < -0.4 is 26.9 Å². The Morgan fingerprint density at radius 1 is 1.29 bits per heavy atom. The predicted octanol–water partition coefficient (Wildman–Crippen LogP) is -0.914. The van der Waals surface area contributed by atoms with Gasteiger partial charge in [-0.1, -0.05) is 12.1 Å². The fourth-order valence-corrected chi connectivity index (χ4v) is 1.71. The van der Waals surface area contributed by atoms with Crippen molar-refractivity contribution in [3.8, 4) is 0 Å². The summed E-state index contributed by atoms with van der Waals surface area (Å²) < 4.78 is 0. The molecule has 0 aliphatic carbocycles. The molecule has 1 aromatic heterocycles. The van der Waals surface area contributed by atoms with E-state index in [0.29, 0.717) is 0 Å². The van der Waals surface area contributed by atoms with Crippen molar-refractivity contribution in [3.05, 3.63) is 50.7 Å². The third-order valence-electron chi connectivity index (χ3n) is 2.94. The van der Waals surface area contributed by atoms with Crippen LogP contribution in [-0.4, -0.2) is 47.9 Å². The molecule has 24 heavy (non-hydrogen) atoms. The van der Waals surface area contributed by atoms with E-state index in [1.54, 1.807) is 0 Å². The topological polar surface area (TPSA) is 135 Å². The first-order chi connectivity index (χ1) is 11.5. The van der Waals surface area contributed by atoms with Gasteiger partial charge in [0.25, 0.3) is 11.5 Å². The Morgan fingerprint density at radius 2 is 2.00 bits per heavy atom. The zero-order chi connectivity index (χ0) is 17.5. The lowest BCUT2D eigenvalue weighted by atomic mass is 10.2. The van der Waals surface area contributed by atoms with Crippen LogP contribution in [0.1, 0.15) is 5.56 Å². The number of amides is 1. The lowest BCUT2D eigenvalue weighted by molar-refractivity contribution is -0.119. The first kappa shape index (κ1) is 16.9. The maximum Gasteiger partial charge on any atom is 0.342 e. The van der Waals surface area contributed by atoms with Crippen molar-refractivity contribution in [1.29, 1.82) is 0 Å². The zero-order valence-corrected chi connectivity index (χ0v) is 13.2. The van der Waals surface area contributed by atoms with Crippen molar-refractivity contribution in [2.24, 2.45) is 5.10 Å². The van der Waals surface area contributed by atoms with Crippen LogP contribution in [-0.2, 0) is 4.79 Å². The quantitative estimate of drug-likeness (QED) is 0.399. The second-order valence-corrected chi connectivity index (χ2v) is 4.99. The fourth-order valence-electron chi connectivity index (χ4n) is 1.71. The van der Waals surface area contributed by atoms with Crippen molar-refractivity contribution in [2.45, 2.75) is 0 Å². The lowest BCUT2D eigenvalue weighted by Crippen LogP contribution is -2.31. The van der Waals surface area contributed by atoms with E-state index in [9.17, 15) is 14.4 Å². The fraction of sp³-hybridized carbons (Fsp3) is 0.214. The van der Waals surface area contributed by atoms with Gasteiger partial charge < -0.3 is 10.2 Å². The molecule has 0 atom stereocenters. The van der Waals surface area contributed by atoms with Crippen LogP contribution in [0.4, 0.5) is 11.5 Å². The van der Waals surface area contributed by atoms with Crippen molar-refractivity contribution in [1.82, 2.24) is 20.6 Å². The summed E-state index contributed by atoms with van der Waals surface area (Å²) >= 11 is 0. The molecular weight excluding hydrogens is 314 g/mol. The third-order valence-corrected chi connectivity index (χ3v) is 2.94. The molecule has 0 saturated carbocycles. The first-order valence-corrected chi connectivity index (χ1v) is 6.98. The van der Waals surface area contributed by atoms with E-state index in [-0.39, 0.29) is 12.4 Å². The molecule has 2 rings (SSSR count). The van der Waals surface area contributed by atoms with Crippen LogP contribution in [0.25, 0.3) is 0 Å². The number of anilines is 2. The molecule has 10 heteroatoms. The van der Waals surface area contributed by atoms with E-state index in [2.05, 4.69) is 26.0 Å². The first-order valence-electron chi connectivity index (χ1n) is 6.98. The lowest BCUT2D eigenvalue weighted by Gasteiger charge is -2.11. The number of hydrogen-bond donors (Lipinski definition) is 4. The van der Waals surface area contributed by atoms with Gasteiger partial charge in [0.15, 0.2) is 0 Å². The van der Waals surface area contributed by atoms with Gasteiger partial charge in [0.1, 0.15) is 0 Å². The highest BCUT2D eigenvalue weighted by Crippen LogP contribution is 2.10. The highest BCUT2D eigenvalue weighted by molar-refractivity contribution is 5.84. The minimum absolute atomic E-state index is 0.159.